The number of anilines is 1. The summed E-state index contributed by atoms with van der Waals surface area (Å²) in [6.45, 7) is 1.29. The Morgan fingerprint density at radius 3 is 2.88 bits per heavy atom. The second-order valence-corrected chi connectivity index (χ2v) is 6.26. The summed E-state index contributed by atoms with van der Waals surface area (Å²) in [4.78, 5) is 22.9. The highest BCUT2D eigenvalue weighted by Crippen LogP contribution is 2.25. The Morgan fingerprint density at radius 1 is 1.31 bits per heavy atom. The lowest BCUT2D eigenvalue weighted by atomic mass is 10.1. The van der Waals surface area contributed by atoms with Gasteiger partial charge in [0.15, 0.2) is 0 Å². The van der Waals surface area contributed by atoms with Gasteiger partial charge < -0.3 is 19.7 Å². The molecule has 7 heteroatoms. The predicted molar refractivity (Wildman–Crippen MR) is 98.3 cm³/mol. The molecular formula is C19H24N4O3. The van der Waals surface area contributed by atoms with Crippen molar-refractivity contribution in [3.63, 3.8) is 0 Å². The number of carbonyl (C=O) groups excluding carboxylic acids is 1. The van der Waals surface area contributed by atoms with Crippen LogP contribution in [-0.4, -0.2) is 55.3 Å². The quantitative estimate of drug-likeness (QED) is 0.809. The van der Waals surface area contributed by atoms with Gasteiger partial charge >= 0.3 is 0 Å². The van der Waals surface area contributed by atoms with Crippen molar-refractivity contribution < 1.29 is 14.3 Å². The largest absolute Gasteiger partial charge is 0.496 e. The molecule has 0 radical (unpaired) electrons. The Labute approximate surface area is 153 Å². The molecule has 1 aliphatic heterocycles. The molecule has 1 amide bonds. The second kappa shape index (κ2) is 8.62. The van der Waals surface area contributed by atoms with Crippen molar-refractivity contribution >= 4 is 11.7 Å². The van der Waals surface area contributed by atoms with Crippen LogP contribution in [0.25, 0.3) is 0 Å². The van der Waals surface area contributed by atoms with E-state index in [1.165, 1.54) is 6.33 Å². The third kappa shape index (κ3) is 4.29. The first-order valence-corrected chi connectivity index (χ1v) is 8.65. The minimum Gasteiger partial charge on any atom is -0.496 e. The van der Waals surface area contributed by atoms with Crippen molar-refractivity contribution in [2.75, 3.05) is 32.2 Å². The molecule has 2 aromatic rings. The third-order valence-corrected chi connectivity index (χ3v) is 4.65. The first-order chi connectivity index (χ1) is 12.7. The van der Waals surface area contributed by atoms with E-state index in [4.69, 9.17) is 9.47 Å². The Bertz CT molecular complexity index is 726. The number of nitrogens with zero attached hydrogens (tertiary/aromatic N) is 3. The van der Waals surface area contributed by atoms with Crippen LogP contribution < -0.4 is 15.0 Å². The summed E-state index contributed by atoms with van der Waals surface area (Å²) in [5.41, 5.74) is 0.876. The number of aromatic nitrogens is 2. The van der Waals surface area contributed by atoms with Gasteiger partial charge in [0.25, 0.3) is 0 Å². The lowest BCUT2D eigenvalue weighted by Gasteiger charge is -2.25. The highest BCUT2D eigenvalue weighted by molar-refractivity contribution is 5.79. The fourth-order valence-corrected chi connectivity index (χ4v) is 3.29. The number of benzene rings is 1. The molecule has 138 valence electrons. The Kier molecular flexibility index (Phi) is 6.01. The minimum absolute atomic E-state index is 0.0296. The van der Waals surface area contributed by atoms with Crippen molar-refractivity contribution in [3.8, 4) is 5.75 Å². The van der Waals surface area contributed by atoms with Crippen LogP contribution in [0.5, 0.6) is 5.75 Å². The van der Waals surface area contributed by atoms with Crippen LogP contribution in [0.4, 0.5) is 5.82 Å². The number of para-hydroxylation sites is 1. The van der Waals surface area contributed by atoms with Crippen LogP contribution in [0, 0.1) is 0 Å². The molecule has 1 fully saturated rings. The molecule has 26 heavy (non-hydrogen) atoms. The summed E-state index contributed by atoms with van der Waals surface area (Å²) < 4.78 is 10.8. The maximum atomic E-state index is 12.4. The van der Waals surface area contributed by atoms with E-state index in [1.54, 1.807) is 20.4 Å². The smallest absolute Gasteiger partial charge is 0.224 e. The van der Waals surface area contributed by atoms with Gasteiger partial charge in [-0.05, 0) is 18.6 Å². The van der Waals surface area contributed by atoms with Crippen molar-refractivity contribution in [2.24, 2.45) is 0 Å². The van der Waals surface area contributed by atoms with E-state index >= 15 is 0 Å². The number of hydrogen-bond donors (Lipinski definition) is 1. The fourth-order valence-electron chi connectivity index (χ4n) is 3.29. The molecule has 2 atom stereocenters. The Balaban J connectivity index is 1.61. The lowest BCUT2D eigenvalue weighted by molar-refractivity contribution is -0.120. The third-order valence-electron chi connectivity index (χ3n) is 4.65. The molecule has 1 aromatic carbocycles. The Hall–Kier alpha value is -2.67. The SMILES string of the molecule is COc1ccccc1CC(=O)NC[C@H]1C[C@@H](OC)CN1c1ccncn1. The molecule has 0 aliphatic carbocycles. The van der Waals surface area contributed by atoms with Crippen molar-refractivity contribution in [2.45, 2.75) is 25.0 Å². The van der Waals surface area contributed by atoms with Gasteiger partial charge in [-0.25, -0.2) is 9.97 Å². The van der Waals surface area contributed by atoms with Crippen LogP contribution in [0.15, 0.2) is 42.9 Å². The molecular weight excluding hydrogens is 332 g/mol. The van der Waals surface area contributed by atoms with Gasteiger partial charge in [-0.3, -0.25) is 4.79 Å². The van der Waals surface area contributed by atoms with E-state index in [-0.39, 0.29) is 24.5 Å². The summed E-state index contributed by atoms with van der Waals surface area (Å²) >= 11 is 0. The summed E-state index contributed by atoms with van der Waals surface area (Å²) in [6.07, 6.45) is 4.51. The number of amides is 1. The van der Waals surface area contributed by atoms with Gasteiger partial charge in [0.2, 0.25) is 5.91 Å². The van der Waals surface area contributed by atoms with E-state index < -0.39 is 0 Å². The van der Waals surface area contributed by atoms with Gasteiger partial charge in [-0.1, -0.05) is 18.2 Å². The monoisotopic (exact) mass is 356 g/mol. The highest BCUT2D eigenvalue weighted by atomic mass is 16.5. The average molecular weight is 356 g/mol. The van der Waals surface area contributed by atoms with Crippen LogP contribution in [0.2, 0.25) is 0 Å². The summed E-state index contributed by atoms with van der Waals surface area (Å²) in [6, 6.07) is 9.57. The molecule has 0 bridgehead atoms. The van der Waals surface area contributed by atoms with Gasteiger partial charge in [-0.15, -0.1) is 0 Å². The number of methoxy groups -OCH3 is 2. The lowest BCUT2D eigenvalue weighted by Crippen LogP contribution is -2.41. The maximum absolute atomic E-state index is 12.4. The van der Waals surface area contributed by atoms with E-state index in [0.717, 1.165) is 30.1 Å². The van der Waals surface area contributed by atoms with Crippen LogP contribution in [0.3, 0.4) is 0 Å². The first kappa shape index (κ1) is 18.1. The molecule has 0 unspecified atom stereocenters. The standard InChI is InChI=1S/C19H24N4O3/c1-25-16-10-15(23(12-16)18-7-8-20-13-22-18)11-21-19(24)9-14-5-3-4-6-17(14)26-2/h3-8,13,15-16H,9-12H2,1-2H3,(H,21,24)/t15-,16-/m1/s1. The van der Waals surface area contributed by atoms with Crippen molar-refractivity contribution in [1.29, 1.82) is 0 Å². The van der Waals surface area contributed by atoms with Gasteiger partial charge in [0.05, 0.1) is 25.7 Å². The molecule has 1 saturated heterocycles. The number of nitrogens with one attached hydrogen (secondary N) is 1. The molecule has 1 aromatic heterocycles. The molecule has 0 spiro atoms. The summed E-state index contributed by atoms with van der Waals surface area (Å²) in [7, 11) is 3.32. The second-order valence-electron chi connectivity index (χ2n) is 6.26. The normalized spacial score (nSPS) is 19.4. The summed E-state index contributed by atoms with van der Waals surface area (Å²) in [5.74, 6) is 1.55. The number of ether oxygens (including phenoxy) is 2. The van der Waals surface area contributed by atoms with E-state index in [1.807, 2.05) is 30.3 Å². The number of rotatable bonds is 7. The zero-order valence-electron chi connectivity index (χ0n) is 15.1. The van der Waals surface area contributed by atoms with Crippen molar-refractivity contribution in [3.05, 3.63) is 48.4 Å². The molecule has 7 nitrogen and oxygen atoms in total. The molecule has 1 aliphatic rings. The van der Waals surface area contributed by atoms with E-state index in [9.17, 15) is 4.79 Å². The van der Waals surface area contributed by atoms with E-state index in [2.05, 4.69) is 20.2 Å². The highest BCUT2D eigenvalue weighted by Gasteiger charge is 2.33. The zero-order chi connectivity index (χ0) is 18.4. The summed E-state index contributed by atoms with van der Waals surface area (Å²) in [5, 5.41) is 3.03. The topological polar surface area (TPSA) is 76.6 Å². The van der Waals surface area contributed by atoms with Crippen LogP contribution in [0.1, 0.15) is 12.0 Å². The molecule has 1 N–H and O–H groups in total. The maximum Gasteiger partial charge on any atom is 0.224 e. The average Bonchev–Trinajstić information content (AvgIpc) is 3.11. The van der Waals surface area contributed by atoms with Gasteiger partial charge in [0, 0.05) is 32.0 Å². The van der Waals surface area contributed by atoms with Gasteiger partial charge in [-0.2, -0.15) is 0 Å². The number of hydrogen-bond acceptors (Lipinski definition) is 6. The van der Waals surface area contributed by atoms with Crippen LogP contribution in [-0.2, 0) is 16.0 Å². The fraction of sp³-hybridized carbons (Fsp3) is 0.421. The van der Waals surface area contributed by atoms with Crippen molar-refractivity contribution in [1.82, 2.24) is 15.3 Å². The van der Waals surface area contributed by atoms with E-state index in [0.29, 0.717) is 6.54 Å². The minimum atomic E-state index is -0.0296. The molecule has 0 saturated carbocycles. The zero-order valence-corrected chi connectivity index (χ0v) is 15.1. The first-order valence-electron chi connectivity index (χ1n) is 8.65. The Morgan fingerprint density at radius 2 is 2.15 bits per heavy atom. The predicted octanol–water partition coefficient (Wildman–Crippen LogP) is 1.44. The van der Waals surface area contributed by atoms with Gasteiger partial charge in [0.1, 0.15) is 17.9 Å². The molecule has 2 heterocycles. The molecule has 3 rings (SSSR count). The number of carbonyl (C=O) groups is 1. The van der Waals surface area contributed by atoms with Crippen LogP contribution >= 0.6 is 0 Å².